The van der Waals surface area contributed by atoms with E-state index < -0.39 is 0 Å². The minimum absolute atomic E-state index is 0.173. The number of rotatable bonds is 5. The molecule has 0 bridgehead atoms. The number of anilines is 2. The van der Waals surface area contributed by atoms with Gasteiger partial charge in [-0.3, -0.25) is 9.48 Å². The van der Waals surface area contributed by atoms with Gasteiger partial charge in [-0.05, 0) is 25.0 Å². The quantitative estimate of drug-likeness (QED) is 0.846. The van der Waals surface area contributed by atoms with Gasteiger partial charge in [0, 0.05) is 25.7 Å². The molecule has 1 aliphatic heterocycles. The SMILES string of the molecule is CNc1ccnc(N2CCn3nc(CNC(=O)C4CCCC4)cc3C2)n1. The van der Waals surface area contributed by atoms with E-state index >= 15 is 0 Å². The lowest BCUT2D eigenvalue weighted by Crippen LogP contribution is -2.35. The summed E-state index contributed by atoms with van der Waals surface area (Å²) in [6.07, 6.45) is 6.15. The predicted molar refractivity (Wildman–Crippen MR) is 98.7 cm³/mol. The summed E-state index contributed by atoms with van der Waals surface area (Å²) >= 11 is 0. The van der Waals surface area contributed by atoms with Crippen LogP contribution in [-0.4, -0.2) is 39.2 Å². The molecule has 2 N–H and O–H groups in total. The Morgan fingerprint density at radius 1 is 1.31 bits per heavy atom. The lowest BCUT2D eigenvalue weighted by Gasteiger charge is -2.27. The molecule has 2 aromatic heterocycles. The molecule has 0 atom stereocenters. The van der Waals surface area contributed by atoms with Gasteiger partial charge in [-0.15, -0.1) is 0 Å². The second-order valence-electron chi connectivity index (χ2n) is 6.96. The first-order valence-corrected chi connectivity index (χ1v) is 9.32. The van der Waals surface area contributed by atoms with Crippen molar-refractivity contribution in [1.82, 2.24) is 25.1 Å². The van der Waals surface area contributed by atoms with Gasteiger partial charge < -0.3 is 15.5 Å². The Balaban J connectivity index is 1.39. The van der Waals surface area contributed by atoms with E-state index in [1.54, 1.807) is 6.20 Å². The van der Waals surface area contributed by atoms with Crippen LogP contribution in [0.15, 0.2) is 18.3 Å². The lowest BCUT2D eigenvalue weighted by molar-refractivity contribution is -0.124. The Hall–Kier alpha value is -2.64. The first-order valence-electron chi connectivity index (χ1n) is 9.32. The Morgan fingerprint density at radius 3 is 2.96 bits per heavy atom. The Labute approximate surface area is 153 Å². The standard InChI is InChI=1S/C18H25N7O/c1-19-16-6-7-20-18(22-16)24-8-9-25-15(12-24)10-14(23-25)11-21-17(26)13-4-2-3-5-13/h6-7,10,13H,2-5,8-9,11-12H2,1H3,(H,21,26)(H,19,20,22). The van der Waals surface area contributed by atoms with Crippen molar-refractivity contribution in [2.24, 2.45) is 5.92 Å². The van der Waals surface area contributed by atoms with Crippen LogP contribution in [0.5, 0.6) is 0 Å². The summed E-state index contributed by atoms with van der Waals surface area (Å²) in [7, 11) is 1.85. The Morgan fingerprint density at radius 2 is 2.15 bits per heavy atom. The highest BCUT2D eigenvalue weighted by molar-refractivity contribution is 5.78. The number of carbonyl (C=O) groups excluding carboxylic acids is 1. The van der Waals surface area contributed by atoms with Crippen molar-refractivity contribution in [2.75, 3.05) is 23.8 Å². The number of hydrogen-bond donors (Lipinski definition) is 2. The van der Waals surface area contributed by atoms with Crippen LogP contribution in [-0.2, 0) is 24.4 Å². The van der Waals surface area contributed by atoms with E-state index in [2.05, 4.69) is 36.7 Å². The second kappa shape index (κ2) is 7.31. The average molecular weight is 355 g/mol. The molecule has 1 saturated carbocycles. The van der Waals surface area contributed by atoms with Crippen LogP contribution in [0.4, 0.5) is 11.8 Å². The number of hydrogen-bond acceptors (Lipinski definition) is 6. The molecule has 8 heteroatoms. The fourth-order valence-corrected chi connectivity index (χ4v) is 3.73. The van der Waals surface area contributed by atoms with Crippen LogP contribution in [0, 0.1) is 5.92 Å². The second-order valence-corrected chi connectivity index (χ2v) is 6.96. The molecule has 0 radical (unpaired) electrons. The third-order valence-electron chi connectivity index (χ3n) is 5.20. The molecule has 0 saturated heterocycles. The van der Waals surface area contributed by atoms with Gasteiger partial charge in [0.05, 0.1) is 31.0 Å². The van der Waals surface area contributed by atoms with E-state index in [0.29, 0.717) is 6.54 Å². The summed E-state index contributed by atoms with van der Waals surface area (Å²) in [4.78, 5) is 23.2. The summed E-state index contributed by atoms with van der Waals surface area (Å²) < 4.78 is 2.02. The van der Waals surface area contributed by atoms with Crippen LogP contribution in [0.25, 0.3) is 0 Å². The Kier molecular flexibility index (Phi) is 4.73. The lowest BCUT2D eigenvalue weighted by atomic mass is 10.1. The molecule has 4 rings (SSSR count). The number of fused-ring (bicyclic) bond motifs is 1. The maximum absolute atomic E-state index is 12.2. The van der Waals surface area contributed by atoms with Gasteiger partial charge in [0.25, 0.3) is 0 Å². The van der Waals surface area contributed by atoms with Crippen molar-refractivity contribution in [3.63, 3.8) is 0 Å². The molecule has 0 spiro atoms. The summed E-state index contributed by atoms with van der Waals surface area (Å²) in [6, 6.07) is 3.92. The number of nitrogens with one attached hydrogen (secondary N) is 2. The van der Waals surface area contributed by atoms with E-state index in [1.165, 1.54) is 12.8 Å². The average Bonchev–Trinajstić information content (AvgIpc) is 3.35. The van der Waals surface area contributed by atoms with E-state index in [9.17, 15) is 4.79 Å². The zero-order chi connectivity index (χ0) is 17.9. The summed E-state index contributed by atoms with van der Waals surface area (Å²) in [5.74, 6) is 1.90. The third-order valence-corrected chi connectivity index (χ3v) is 5.20. The van der Waals surface area contributed by atoms with Gasteiger partial charge >= 0.3 is 0 Å². The highest BCUT2D eigenvalue weighted by Crippen LogP contribution is 2.25. The summed E-state index contributed by atoms with van der Waals surface area (Å²) in [5.41, 5.74) is 2.04. The van der Waals surface area contributed by atoms with Crippen molar-refractivity contribution < 1.29 is 4.79 Å². The molecule has 26 heavy (non-hydrogen) atoms. The van der Waals surface area contributed by atoms with Crippen molar-refractivity contribution in [3.8, 4) is 0 Å². The summed E-state index contributed by atoms with van der Waals surface area (Å²) in [6.45, 7) is 2.83. The monoisotopic (exact) mass is 355 g/mol. The summed E-state index contributed by atoms with van der Waals surface area (Å²) in [5, 5.41) is 10.7. The zero-order valence-corrected chi connectivity index (χ0v) is 15.1. The van der Waals surface area contributed by atoms with Crippen LogP contribution in [0.2, 0.25) is 0 Å². The van der Waals surface area contributed by atoms with Crippen LogP contribution >= 0.6 is 0 Å². The Bertz CT molecular complexity index is 782. The maximum atomic E-state index is 12.2. The van der Waals surface area contributed by atoms with E-state index in [0.717, 1.165) is 55.6 Å². The smallest absolute Gasteiger partial charge is 0.227 e. The fourth-order valence-electron chi connectivity index (χ4n) is 3.73. The molecule has 8 nitrogen and oxygen atoms in total. The molecule has 0 unspecified atom stereocenters. The normalized spacial score (nSPS) is 17.2. The van der Waals surface area contributed by atoms with Crippen molar-refractivity contribution in [3.05, 3.63) is 29.7 Å². The fraction of sp³-hybridized carbons (Fsp3) is 0.556. The molecular weight excluding hydrogens is 330 g/mol. The van der Waals surface area contributed by atoms with Crippen molar-refractivity contribution in [1.29, 1.82) is 0 Å². The number of nitrogens with zero attached hydrogens (tertiary/aromatic N) is 5. The molecule has 3 heterocycles. The molecule has 1 aliphatic carbocycles. The van der Waals surface area contributed by atoms with Crippen LogP contribution in [0.3, 0.4) is 0 Å². The molecule has 1 fully saturated rings. The first kappa shape index (κ1) is 16.8. The molecular formula is C18H25N7O. The van der Waals surface area contributed by atoms with E-state index in [4.69, 9.17) is 0 Å². The highest BCUT2D eigenvalue weighted by Gasteiger charge is 2.24. The zero-order valence-electron chi connectivity index (χ0n) is 15.1. The molecule has 2 aromatic rings. The molecule has 138 valence electrons. The highest BCUT2D eigenvalue weighted by atomic mass is 16.1. The van der Waals surface area contributed by atoms with Gasteiger partial charge in [-0.25, -0.2) is 4.98 Å². The van der Waals surface area contributed by atoms with Gasteiger partial charge in [0.1, 0.15) is 5.82 Å². The van der Waals surface area contributed by atoms with Gasteiger partial charge in [-0.1, -0.05) is 12.8 Å². The van der Waals surface area contributed by atoms with Crippen LogP contribution in [0.1, 0.15) is 37.1 Å². The van der Waals surface area contributed by atoms with Gasteiger partial charge in [-0.2, -0.15) is 10.1 Å². The predicted octanol–water partition coefficient (Wildman–Crippen LogP) is 1.54. The molecule has 0 aromatic carbocycles. The molecule has 2 aliphatic rings. The van der Waals surface area contributed by atoms with Crippen molar-refractivity contribution in [2.45, 2.75) is 45.3 Å². The minimum atomic E-state index is 0.173. The van der Waals surface area contributed by atoms with Crippen LogP contribution < -0.4 is 15.5 Å². The first-order chi connectivity index (χ1) is 12.7. The third kappa shape index (κ3) is 3.49. The number of aromatic nitrogens is 4. The maximum Gasteiger partial charge on any atom is 0.227 e. The topological polar surface area (TPSA) is 88.0 Å². The van der Waals surface area contributed by atoms with E-state index in [1.807, 2.05) is 17.8 Å². The van der Waals surface area contributed by atoms with Gasteiger partial charge in [0.2, 0.25) is 11.9 Å². The molecule has 1 amide bonds. The van der Waals surface area contributed by atoms with Gasteiger partial charge in [0.15, 0.2) is 0 Å². The van der Waals surface area contributed by atoms with E-state index in [-0.39, 0.29) is 11.8 Å². The number of carbonyl (C=O) groups is 1. The van der Waals surface area contributed by atoms with Crippen molar-refractivity contribution >= 4 is 17.7 Å². The minimum Gasteiger partial charge on any atom is -0.373 e. The largest absolute Gasteiger partial charge is 0.373 e. The number of amides is 1.